The predicted octanol–water partition coefficient (Wildman–Crippen LogP) is 2.57. The second-order valence-corrected chi connectivity index (χ2v) is 8.00. The van der Waals surface area contributed by atoms with Gasteiger partial charge in [-0.05, 0) is 29.7 Å². The summed E-state index contributed by atoms with van der Waals surface area (Å²) >= 11 is 0. The van der Waals surface area contributed by atoms with Crippen molar-refractivity contribution < 1.29 is 17.9 Å². The summed E-state index contributed by atoms with van der Waals surface area (Å²) in [5.74, 6) is -0.134. The van der Waals surface area contributed by atoms with E-state index in [2.05, 4.69) is 5.32 Å². The predicted molar refractivity (Wildman–Crippen MR) is 98.0 cm³/mol. The Hall–Kier alpha value is -2.18. The summed E-state index contributed by atoms with van der Waals surface area (Å²) in [6.07, 6.45) is 0.388. The number of nitrogens with one attached hydrogen (secondary N) is 1. The Morgan fingerprint density at radius 1 is 1.04 bits per heavy atom. The fourth-order valence-corrected chi connectivity index (χ4v) is 3.89. The van der Waals surface area contributed by atoms with Crippen LogP contribution in [0.5, 0.6) is 0 Å². The van der Waals surface area contributed by atoms with Gasteiger partial charge in [-0.25, -0.2) is 8.42 Å². The van der Waals surface area contributed by atoms with Gasteiger partial charge < -0.3 is 10.1 Å². The van der Waals surface area contributed by atoms with Gasteiger partial charge in [0.1, 0.15) is 0 Å². The lowest BCUT2D eigenvalue weighted by Gasteiger charge is -2.08. The molecule has 0 aliphatic carbocycles. The molecule has 1 N–H and O–H groups in total. The molecule has 0 aliphatic heterocycles. The lowest BCUT2D eigenvalue weighted by molar-refractivity contribution is 0.0953. The van der Waals surface area contributed by atoms with Crippen molar-refractivity contribution in [3.05, 3.63) is 71.3 Å². The van der Waals surface area contributed by atoms with E-state index in [0.29, 0.717) is 25.1 Å². The number of benzene rings is 2. The second kappa shape index (κ2) is 9.34. The maximum atomic E-state index is 12.1. The highest BCUT2D eigenvalue weighted by Crippen LogP contribution is 2.08. The molecule has 5 nitrogen and oxygen atoms in total. The molecule has 0 bridgehead atoms. The lowest BCUT2D eigenvalue weighted by atomic mass is 10.1. The molecule has 0 atom stereocenters. The average molecular weight is 361 g/mol. The zero-order valence-electron chi connectivity index (χ0n) is 14.3. The SMILES string of the molecule is COCc1cccc(C(=O)NCCCS(=O)(=O)Cc2ccccc2)c1. The molecular formula is C19H23NO4S. The van der Waals surface area contributed by atoms with Crippen LogP contribution >= 0.6 is 0 Å². The number of carbonyl (C=O) groups excluding carboxylic acids is 1. The molecule has 0 aliphatic rings. The Labute approximate surface area is 148 Å². The van der Waals surface area contributed by atoms with Crippen LogP contribution in [0.4, 0.5) is 0 Å². The first-order valence-corrected chi connectivity index (χ1v) is 9.93. The first kappa shape index (κ1) is 19.1. The largest absolute Gasteiger partial charge is 0.380 e. The standard InChI is InChI=1S/C19H23NO4S/c1-24-14-17-9-5-10-18(13-17)19(21)20-11-6-12-25(22,23)15-16-7-3-2-4-8-16/h2-5,7-10,13H,6,11-12,14-15H2,1H3,(H,20,21). The van der Waals surface area contributed by atoms with Crippen LogP contribution < -0.4 is 5.32 Å². The van der Waals surface area contributed by atoms with E-state index < -0.39 is 9.84 Å². The number of amides is 1. The smallest absolute Gasteiger partial charge is 0.251 e. The highest BCUT2D eigenvalue weighted by molar-refractivity contribution is 7.90. The van der Waals surface area contributed by atoms with E-state index in [9.17, 15) is 13.2 Å². The van der Waals surface area contributed by atoms with Crippen LogP contribution in [0.3, 0.4) is 0 Å². The Bertz CT molecular complexity index is 788. The summed E-state index contributed by atoms with van der Waals surface area (Å²) in [7, 11) is -1.58. The Morgan fingerprint density at radius 2 is 1.76 bits per heavy atom. The highest BCUT2D eigenvalue weighted by atomic mass is 32.2. The summed E-state index contributed by atoms with van der Waals surface area (Å²) in [4.78, 5) is 12.1. The molecule has 0 radical (unpaired) electrons. The normalized spacial score (nSPS) is 11.2. The topological polar surface area (TPSA) is 72.5 Å². The van der Waals surface area contributed by atoms with Crippen LogP contribution in [0.15, 0.2) is 54.6 Å². The van der Waals surface area contributed by atoms with Crippen molar-refractivity contribution in [1.29, 1.82) is 0 Å². The molecular weight excluding hydrogens is 338 g/mol. The van der Waals surface area contributed by atoms with Crippen LogP contribution in [0.1, 0.15) is 27.9 Å². The molecule has 1 amide bonds. The van der Waals surface area contributed by atoms with Gasteiger partial charge in [-0.3, -0.25) is 4.79 Å². The Kier molecular flexibility index (Phi) is 7.16. The third kappa shape index (κ3) is 6.68. The number of hydrogen-bond acceptors (Lipinski definition) is 4. The summed E-state index contributed by atoms with van der Waals surface area (Å²) in [5.41, 5.74) is 2.24. The maximum absolute atomic E-state index is 12.1. The molecule has 0 fully saturated rings. The number of carbonyl (C=O) groups is 1. The molecule has 0 saturated heterocycles. The minimum absolute atomic E-state index is 0.0286. The van der Waals surface area contributed by atoms with Gasteiger partial charge >= 0.3 is 0 Å². The summed E-state index contributed by atoms with van der Waals surface area (Å²) in [6, 6.07) is 16.3. The molecule has 2 aromatic rings. The van der Waals surface area contributed by atoms with Crippen molar-refractivity contribution in [1.82, 2.24) is 5.32 Å². The summed E-state index contributed by atoms with van der Waals surface area (Å²) in [5, 5.41) is 2.76. The summed E-state index contributed by atoms with van der Waals surface area (Å²) < 4.78 is 29.3. The molecule has 0 saturated carbocycles. The monoisotopic (exact) mass is 361 g/mol. The lowest BCUT2D eigenvalue weighted by Crippen LogP contribution is -2.26. The van der Waals surface area contributed by atoms with Crippen molar-refractivity contribution >= 4 is 15.7 Å². The quantitative estimate of drug-likeness (QED) is 0.697. The van der Waals surface area contributed by atoms with Crippen LogP contribution in [-0.2, 0) is 26.9 Å². The zero-order valence-corrected chi connectivity index (χ0v) is 15.1. The average Bonchev–Trinajstić information content (AvgIpc) is 2.59. The van der Waals surface area contributed by atoms with Gasteiger partial charge in [0.25, 0.3) is 5.91 Å². The van der Waals surface area contributed by atoms with Gasteiger partial charge in [0.15, 0.2) is 9.84 Å². The van der Waals surface area contributed by atoms with Crippen LogP contribution in [0.25, 0.3) is 0 Å². The van der Waals surface area contributed by atoms with E-state index in [0.717, 1.165) is 11.1 Å². The van der Waals surface area contributed by atoms with Gasteiger partial charge in [0, 0.05) is 19.2 Å². The van der Waals surface area contributed by atoms with Crippen LogP contribution in [0.2, 0.25) is 0 Å². The van der Waals surface area contributed by atoms with E-state index in [1.165, 1.54) is 0 Å². The van der Waals surface area contributed by atoms with E-state index in [4.69, 9.17) is 4.74 Å². The van der Waals surface area contributed by atoms with E-state index >= 15 is 0 Å². The van der Waals surface area contributed by atoms with Crippen LogP contribution in [-0.4, -0.2) is 33.7 Å². The molecule has 134 valence electrons. The fourth-order valence-electron chi connectivity index (χ4n) is 2.47. The second-order valence-electron chi connectivity index (χ2n) is 5.82. The highest BCUT2D eigenvalue weighted by Gasteiger charge is 2.12. The zero-order chi connectivity index (χ0) is 18.1. The molecule has 6 heteroatoms. The van der Waals surface area contributed by atoms with Gasteiger partial charge in [0.2, 0.25) is 0 Å². The Balaban J connectivity index is 1.78. The molecule has 25 heavy (non-hydrogen) atoms. The van der Waals surface area contributed by atoms with E-state index in [-0.39, 0.29) is 17.4 Å². The number of hydrogen-bond donors (Lipinski definition) is 1. The van der Waals surface area contributed by atoms with Crippen molar-refractivity contribution in [3.8, 4) is 0 Å². The molecule has 2 rings (SSSR count). The Morgan fingerprint density at radius 3 is 2.48 bits per heavy atom. The summed E-state index contributed by atoms with van der Waals surface area (Å²) in [6.45, 7) is 0.764. The van der Waals surface area contributed by atoms with Crippen molar-refractivity contribution in [2.24, 2.45) is 0 Å². The minimum Gasteiger partial charge on any atom is -0.380 e. The third-order valence-corrected chi connectivity index (χ3v) is 5.33. The van der Waals surface area contributed by atoms with E-state index in [1.54, 1.807) is 37.4 Å². The third-order valence-electron chi connectivity index (χ3n) is 3.65. The van der Waals surface area contributed by atoms with Gasteiger partial charge in [-0.1, -0.05) is 42.5 Å². The minimum atomic E-state index is -3.18. The van der Waals surface area contributed by atoms with E-state index in [1.807, 2.05) is 24.3 Å². The van der Waals surface area contributed by atoms with Crippen molar-refractivity contribution in [2.75, 3.05) is 19.4 Å². The molecule has 0 heterocycles. The first-order valence-electron chi connectivity index (χ1n) is 8.10. The number of methoxy groups -OCH3 is 1. The fraction of sp³-hybridized carbons (Fsp3) is 0.316. The molecule has 0 aromatic heterocycles. The number of ether oxygens (including phenoxy) is 1. The van der Waals surface area contributed by atoms with Crippen LogP contribution in [0, 0.1) is 0 Å². The van der Waals surface area contributed by atoms with Gasteiger partial charge in [-0.15, -0.1) is 0 Å². The molecule has 0 unspecified atom stereocenters. The molecule has 2 aromatic carbocycles. The van der Waals surface area contributed by atoms with Crippen molar-refractivity contribution in [2.45, 2.75) is 18.8 Å². The van der Waals surface area contributed by atoms with Gasteiger partial charge in [-0.2, -0.15) is 0 Å². The number of sulfone groups is 1. The molecule has 0 spiro atoms. The maximum Gasteiger partial charge on any atom is 0.251 e. The van der Waals surface area contributed by atoms with Crippen molar-refractivity contribution in [3.63, 3.8) is 0 Å². The van der Waals surface area contributed by atoms with Gasteiger partial charge in [0.05, 0.1) is 18.1 Å². The first-order chi connectivity index (χ1) is 12.0. The number of rotatable bonds is 9.